The van der Waals surface area contributed by atoms with E-state index in [0.717, 1.165) is 0 Å². The molecule has 0 radical (unpaired) electrons. The fourth-order valence-electron chi connectivity index (χ4n) is 1.11. The van der Waals surface area contributed by atoms with Gasteiger partial charge < -0.3 is 10.2 Å². The van der Waals surface area contributed by atoms with Crippen molar-refractivity contribution in [2.24, 2.45) is 0 Å². The van der Waals surface area contributed by atoms with Crippen LogP contribution in [-0.2, 0) is 6.42 Å². The molecular formula is C10H12ClFO2. The molecule has 0 spiro atoms. The molecule has 4 heteroatoms. The smallest absolute Gasteiger partial charge is 0.127 e. The van der Waals surface area contributed by atoms with Gasteiger partial charge in [0.05, 0.1) is 12.2 Å². The highest BCUT2D eigenvalue weighted by molar-refractivity contribution is 6.31. The average molecular weight is 219 g/mol. The average Bonchev–Trinajstić information content (AvgIpc) is 2.11. The van der Waals surface area contributed by atoms with Crippen LogP contribution in [0.1, 0.15) is 12.5 Å². The molecule has 0 aromatic heterocycles. The second kappa shape index (κ2) is 4.73. The molecule has 1 aromatic rings. The van der Waals surface area contributed by atoms with Crippen molar-refractivity contribution in [2.45, 2.75) is 25.6 Å². The van der Waals surface area contributed by atoms with E-state index in [2.05, 4.69) is 0 Å². The molecule has 1 aromatic carbocycles. The van der Waals surface area contributed by atoms with E-state index >= 15 is 0 Å². The number of aliphatic hydroxyl groups excluding tert-OH is 2. The molecule has 14 heavy (non-hydrogen) atoms. The van der Waals surface area contributed by atoms with Crippen molar-refractivity contribution < 1.29 is 14.6 Å². The monoisotopic (exact) mass is 218 g/mol. The Balaban J connectivity index is 2.85. The van der Waals surface area contributed by atoms with Crippen LogP contribution in [0.3, 0.4) is 0 Å². The number of aliphatic hydroxyl groups is 2. The van der Waals surface area contributed by atoms with Crippen LogP contribution in [0.2, 0.25) is 5.02 Å². The van der Waals surface area contributed by atoms with Crippen molar-refractivity contribution >= 4 is 11.6 Å². The van der Waals surface area contributed by atoms with E-state index in [9.17, 15) is 9.50 Å². The van der Waals surface area contributed by atoms with Crippen LogP contribution in [0.5, 0.6) is 0 Å². The first kappa shape index (κ1) is 11.4. The maximum Gasteiger partial charge on any atom is 0.127 e. The second-order valence-corrected chi connectivity index (χ2v) is 3.62. The fourth-order valence-corrected chi connectivity index (χ4v) is 1.35. The number of benzene rings is 1. The first-order valence-electron chi connectivity index (χ1n) is 4.31. The van der Waals surface area contributed by atoms with Gasteiger partial charge >= 0.3 is 0 Å². The summed E-state index contributed by atoms with van der Waals surface area (Å²) >= 11 is 5.75. The highest BCUT2D eigenvalue weighted by Crippen LogP contribution is 2.21. The van der Waals surface area contributed by atoms with Crippen molar-refractivity contribution in [2.75, 3.05) is 0 Å². The lowest BCUT2D eigenvalue weighted by Crippen LogP contribution is -2.25. The van der Waals surface area contributed by atoms with Gasteiger partial charge in [-0.25, -0.2) is 4.39 Å². The summed E-state index contributed by atoms with van der Waals surface area (Å²) < 4.78 is 13.2. The molecule has 0 amide bonds. The van der Waals surface area contributed by atoms with Crippen LogP contribution in [0.15, 0.2) is 18.2 Å². The number of hydrogen-bond donors (Lipinski definition) is 2. The Bertz CT molecular complexity index is 295. The highest BCUT2D eigenvalue weighted by Gasteiger charge is 2.16. The summed E-state index contributed by atoms with van der Waals surface area (Å²) in [4.78, 5) is 0. The van der Waals surface area contributed by atoms with Crippen LogP contribution in [0, 0.1) is 5.82 Å². The third-order valence-electron chi connectivity index (χ3n) is 2.03. The lowest BCUT2D eigenvalue weighted by molar-refractivity contribution is 0.0315. The summed E-state index contributed by atoms with van der Waals surface area (Å²) in [6, 6.07) is 4.32. The van der Waals surface area contributed by atoms with Gasteiger partial charge in [0.15, 0.2) is 0 Å². The van der Waals surface area contributed by atoms with Gasteiger partial charge in [-0.2, -0.15) is 0 Å². The molecule has 2 N–H and O–H groups in total. The maximum atomic E-state index is 13.2. The van der Waals surface area contributed by atoms with E-state index in [-0.39, 0.29) is 17.0 Å². The Morgan fingerprint density at radius 2 is 2.07 bits per heavy atom. The zero-order valence-corrected chi connectivity index (χ0v) is 8.50. The molecule has 0 fully saturated rings. The SMILES string of the molecule is CC(O)C(O)Cc1c(F)cccc1Cl. The van der Waals surface area contributed by atoms with E-state index < -0.39 is 18.0 Å². The number of hydrogen-bond acceptors (Lipinski definition) is 2. The Labute approximate surface area is 86.9 Å². The summed E-state index contributed by atoms with van der Waals surface area (Å²) in [5.41, 5.74) is 0.238. The summed E-state index contributed by atoms with van der Waals surface area (Å²) in [5.74, 6) is -0.461. The van der Waals surface area contributed by atoms with Gasteiger partial charge in [0.1, 0.15) is 5.82 Å². The van der Waals surface area contributed by atoms with Crippen molar-refractivity contribution in [1.29, 1.82) is 0 Å². The first-order chi connectivity index (χ1) is 6.52. The zero-order chi connectivity index (χ0) is 10.7. The Morgan fingerprint density at radius 3 is 2.57 bits per heavy atom. The van der Waals surface area contributed by atoms with E-state index in [4.69, 9.17) is 16.7 Å². The number of rotatable bonds is 3. The summed E-state index contributed by atoms with van der Waals surface area (Å²) in [5, 5.41) is 18.7. The fraction of sp³-hybridized carbons (Fsp3) is 0.400. The Hall–Kier alpha value is -0.640. The predicted octanol–water partition coefficient (Wildman–Crippen LogP) is 1.76. The molecule has 0 aliphatic heterocycles. The minimum atomic E-state index is -0.996. The second-order valence-electron chi connectivity index (χ2n) is 3.21. The van der Waals surface area contributed by atoms with Gasteiger partial charge in [0.25, 0.3) is 0 Å². The number of halogens is 2. The summed E-state index contributed by atoms with van der Waals surface area (Å²) in [6.07, 6.45) is -1.88. The molecule has 0 bridgehead atoms. The molecule has 78 valence electrons. The van der Waals surface area contributed by atoms with Gasteiger partial charge in [0.2, 0.25) is 0 Å². The largest absolute Gasteiger partial charge is 0.391 e. The van der Waals surface area contributed by atoms with Crippen molar-refractivity contribution in [3.05, 3.63) is 34.6 Å². The topological polar surface area (TPSA) is 40.5 Å². The maximum absolute atomic E-state index is 13.2. The van der Waals surface area contributed by atoms with Gasteiger partial charge in [-0.3, -0.25) is 0 Å². The van der Waals surface area contributed by atoms with Crippen molar-refractivity contribution in [3.8, 4) is 0 Å². The predicted molar refractivity (Wildman–Crippen MR) is 52.8 cm³/mol. The molecule has 0 heterocycles. The van der Waals surface area contributed by atoms with Gasteiger partial charge in [0, 0.05) is 17.0 Å². The first-order valence-corrected chi connectivity index (χ1v) is 4.69. The molecule has 0 saturated heterocycles. The zero-order valence-electron chi connectivity index (χ0n) is 7.74. The van der Waals surface area contributed by atoms with Crippen molar-refractivity contribution in [1.82, 2.24) is 0 Å². The van der Waals surface area contributed by atoms with E-state index in [0.29, 0.717) is 0 Å². The molecule has 2 atom stereocenters. The van der Waals surface area contributed by atoms with Gasteiger partial charge in [-0.15, -0.1) is 0 Å². The van der Waals surface area contributed by atoms with E-state index in [1.54, 1.807) is 6.07 Å². The Morgan fingerprint density at radius 1 is 1.43 bits per heavy atom. The summed E-state index contributed by atoms with van der Waals surface area (Å²) in [6.45, 7) is 1.44. The molecule has 1 rings (SSSR count). The minimum absolute atomic E-state index is 0.0170. The quantitative estimate of drug-likeness (QED) is 0.812. The van der Waals surface area contributed by atoms with E-state index in [1.165, 1.54) is 19.1 Å². The third-order valence-corrected chi connectivity index (χ3v) is 2.39. The van der Waals surface area contributed by atoms with Crippen LogP contribution < -0.4 is 0 Å². The summed E-state index contributed by atoms with van der Waals surface area (Å²) in [7, 11) is 0. The van der Waals surface area contributed by atoms with Crippen LogP contribution >= 0.6 is 11.6 Å². The highest BCUT2D eigenvalue weighted by atomic mass is 35.5. The molecule has 2 nitrogen and oxygen atoms in total. The van der Waals surface area contributed by atoms with E-state index in [1.807, 2.05) is 0 Å². The van der Waals surface area contributed by atoms with Gasteiger partial charge in [-0.1, -0.05) is 17.7 Å². The lowest BCUT2D eigenvalue weighted by Gasteiger charge is -2.14. The van der Waals surface area contributed by atoms with Crippen LogP contribution in [0.25, 0.3) is 0 Å². The van der Waals surface area contributed by atoms with Gasteiger partial charge in [-0.05, 0) is 19.1 Å². The van der Waals surface area contributed by atoms with Crippen LogP contribution in [0.4, 0.5) is 4.39 Å². The standard InChI is InChI=1S/C10H12ClFO2/c1-6(13)10(14)5-7-8(11)3-2-4-9(7)12/h2-4,6,10,13-14H,5H2,1H3. The lowest BCUT2D eigenvalue weighted by atomic mass is 10.0. The van der Waals surface area contributed by atoms with Crippen LogP contribution in [-0.4, -0.2) is 22.4 Å². The minimum Gasteiger partial charge on any atom is -0.391 e. The third kappa shape index (κ3) is 2.67. The van der Waals surface area contributed by atoms with Crippen molar-refractivity contribution in [3.63, 3.8) is 0 Å². The molecule has 0 aliphatic rings. The molecule has 2 unspecified atom stereocenters. The Kier molecular flexibility index (Phi) is 3.86. The molecule has 0 aliphatic carbocycles. The normalized spacial score (nSPS) is 15.2. The molecule has 0 saturated carbocycles. The molecular weight excluding hydrogens is 207 g/mol.